The second-order valence-corrected chi connectivity index (χ2v) is 5.23. The molecule has 21 heavy (non-hydrogen) atoms. The number of ether oxygens (including phenoxy) is 1. The van der Waals surface area contributed by atoms with Crippen molar-refractivity contribution in [3.05, 3.63) is 45.2 Å². The Bertz CT molecular complexity index is 683. The Labute approximate surface area is 132 Å². The third-order valence-electron chi connectivity index (χ3n) is 3.09. The van der Waals surface area contributed by atoms with Crippen molar-refractivity contribution in [2.45, 2.75) is 20.0 Å². The van der Waals surface area contributed by atoms with Crippen LogP contribution in [0.25, 0.3) is 0 Å². The molecule has 7 heteroatoms. The van der Waals surface area contributed by atoms with Gasteiger partial charge in [0.15, 0.2) is 0 Å². The first kappa shape index (κ1) is 15.7. The van der Waals surface area contributed by atoms with Crippen LogP contribution in [0.1, 0.15) is 28.7 Å². The second-order valence-electron chi connectivity index (χ2n) is 4.47. The number of nitrogens with two attached hydrogens (primary N) is 1. The molecule has 0 spiro atoms. The molecule has 1 heterocycles. The lowest BCUT2D eigenvalue weighted by Crippen LogP contribution is -2.09. The molecule has 0 atom stereocenters. The average Bonchev–Trinajstić information content (AvgIpc) is 2.74. The van der Waals surface area contributed by atoms with Gasteiger partial charge in [-0.05, 0) is 18.6 Å². The number of aromatic nitrogens is 2. The van der Waals surface area contributed by atoms with Gasteiger partial charge < -0.3 is 10.5 Å². The minimum absolute atomic E-state index is 0.0201. The van der Waals surface area contributed by atoms with E-state index in [0.29, 0.717) is 22.8 Å². The molecule has 0 amide bonds. The van der Waals surface area contributed by atoms with E-state index in [2.05, 4.69) is 5.10 Å². The number of nitrogens with zero attached hydrogens (tertiary/aromatic N) is 2. The number of benzene rings is 1. The molecule has 2 rings (SSSR count). The topological polar surface area (TPSA) is 70.1 Å². The van der Waals surface area contributed by atoms with Gasteiger partial charge >= 0.3 is 5.97 Å². The number of hydrogen-bond acceptors (Lipinski definition) is 4. The summed E-state index contributed by atoms with van der Waals surface area (Å²) in [5.74, 6) is -0.553. The first-order chi connectivity index (χ1) is 9.95. The van der Waals surface area contributed by atoms with Gasteiger partial charge in [-0.3, -0.25) is 4.68 Å². The highest BCUT2D eigenvalue weighted by molar-refractivity contribution is 6.36. The summed E-state index contributed by atoms with van der Waals surface area (Å²) in [6, 6.07) is 4.82. The van der Waals surface area contributed by atoms with Gasteiger partial charge in [-0.2, -0.15) is 5.10 Å². The Hall–Kier alpha value is -1.72. The van der Waals surface area contributed by atoms with E-state index in [9.17, 15) is 4.79 Å². The lowest BCUT2D eigenvalue weighted by atomic mass is 10.2. The SMILES string of the molecule is CCc1nn(C)c(COC(=O)c2cccc(N)c2Cl)c1Cl. The van der Waals surface area contributed by atoms with E-state index in [4.69, 9.17) is 33.7 Å². The van der Waals surface area contributed by atoms with Gasteiger partial charge in [0.1, 0.15) is 6.61 Å². The van der Waals surface area contributed by atoms with Gasteiger partial charge in [-0.1, -0.05) is 36.2 Å². The third kappa shape index (κ3) is 3.14. The largest absolute Gasteiger partial charge is 0.455 e. The zero-order chi connectivity index (χ0) is 15.6. The maximum atomic E-state index is 12.1. The fourth-order valence-electron chi connectivity index (χ4n) is 1.90. The Morgan fingerprint density at radius 1 is 1.38 bits per heavy atom. The van der Waals surface area contributed by atoms with Crippen molar-refractivity contribution in [3.63, 3.8) is 0 Å². The molecule has 0 aliphatic heterocycles. The van der Waals surface area contributed by atoms with Gasteiger partial charge in [-0.15, -0.1) is 0 Å². The number of rotatable bonds is 4. The predicted octanol–water partition coefficient (Wildman–Crippen LogP) is 3.23. The number of carbonyl (C=O) groups is 1. The number of halogens is 2. The summed E-state index contributed by atoms with van der Waals surface area (Å²) >= 11 is 12.2. The summed E-state index contributed by atoms with van der Waals surface area (Å²) in [6.45, 7) is 1.98. The highest BCUT2D eigenvalue weighted by Gasteiger charge is 2.17. The first-order valence-corrected chi connectivity index (χ1v) is 7.12. The van der Waals surface area contributed by atoms with Crippen molar-refractivity contribution in [1.29, 1.82) is 0 Å². The molecule has 112 valence electrons. The molecule has 5 nitrogen and oxygen atoms in total. The van der Waals surface area contributed by atoms with Crippen LogP contribution in [0.2, 0.25) is 10.0 Å². The zero-order valence-electron chi connectivity index (χ0n) is 11.7. The lowest BCUT2D eigenvalue weighted by molar-refractivity contribution is 0.0464. The van der Waals surface area contributed by atoms with Crippen LogP contribution in [0.5, 0.6) is 0 Å². The minimum atomic E-state index is -0.553. The number of aryl methyl sites for hydroxylation is 2. The Morgan fingerprint density at radius 2 is 2.10 bits per heavy atom. The van der Waals surface area contributed by atoms with E-state index in [1.165, 1.54) is 0 Å². The van der Waals surface area contributed by atoms with Crippen molar-refractivity contribution < 1.29 is 9.53 Å². The average molecular weight is 328 g/mol. The number of nitrogen functional groups attached to an aromatic ring is 1. The molecule has 0 bridgehead atoms. The molecule has 0 aliphatic rings. The van der Waals surface area contributed by atoms with E-state index >= 15 is 0 Å². The Kier molecular flexibility index (Phi) is 4.75. The number of esters is 1. The number of anilines is 1. The fourth-order valence-corrected chi connectivity index (χ4v) is 2.45. The van der Waals surface area contributed by atoms with Crippen LogP contribution in [-0.4, -0.2) is 15.7 Å². The summed E-state index contributed by atoms with van der Waals surface area (Å²) in [7, 11) is 1.75. The van der Waals surface area contributed by atoms with E-state index < -0.39 is 5.97 Å². The maximum Gasteiger partial charge on any atom is 0.340 e. The molecule has 0 aliphatic carbocycles. The van der Waals surface area contributed by atoms with Crippen LogP contribution in [0.15, 0.2) is 18.2 Å². The molecule has 0 saturated carbocycles. The zero-order valence-corrected chi connectivity index (χ0v) is 13.2. The first-order valence-electron chi connectivity index (χ1n) is 6.37. The standard InChI is InChI=1S/C14H15Cl2N3O2/c1-3-10-13(16)11(19(2)18-10)7-21-14(20)8-5-4-6-9(17)12(8)15/h4-6H,3,7,17H2,1-2H3. The molecular formula is C14H15Cl2N3O2. The molecule has 2 aromatic rings. The molecule has 1 aromatic carbocycles. The van der Waals surface area contributed by atoms with Crippen molar-refractivity contribution in [2.75, 3.05) is 5.73 Å². The highest BCUT2D eigenvalue weighted by atomic mass is 35.5. The van der Waals surface area contributed by atoms with E-state index in [1.807, 2.05) is 6.92 Å². The minimum Gasteiger partial charge on any atom is -0.455 e. The van der Waals surface area contributed by atoms with E-state index in [-0.39, 0.29) is 17.2 Å². The smallest absolute Gasteiger partial charge is 0.340 e. The van der Waals surface area contributed by atoms with Crippen LogP contribution in [0.4, 0.5) is 5.69 Å². The highest BCUT2D eigenvalue weighted by Crippen LogP contribution is 2.25. The van der Waals surface area contributed by atoms with Crippen LogP contribution in [0.3, 0.4) is 0 Å². The van der Waals surface area contributed by atoms with Crippen LogP contribution >= 0.6 is 23.2 Å². The summed E-state index contributed by atoms with van der Waals surface area (Å²) in [5, 5.41) is 4.97. The Balaban J connectivity index is 2.15. The lowest BCUT2D eigenvalue weighted by Gasteiger charge is -2.08. The molecule has 2 N–H and O–H groups in total. The fraction of sp³-hybridized carbons (Fsp3) is 0.286. The van der Waals surface area contributed by atoms with E-state index in [1.54, 1.807) is 29.9 Å². The molecule has 0 saturated heterocycles. The normalized spacial score (nSPS) is 10.7. The van der Waals surface area contributed by atoms with Gasteiger partial charge in [0, 0.05) is 7.05 Å². The monoisotopic (exact) mass is 327 g/mol. The molecule has 1 aromatic heterocycles. The maximum absolute atomic E-state index is 12.1. The van der Waals surface area contributed by atoms with Gasteiger partial charge in [0.05, 0.1) is 32.7 Å². The summed E-state index contributed by atoms with van der Waals surface area (Å²) in [5.41, 5.74) is 7.63. The van der Waals surface area contributed by atoms with Crippen molar-refractivity contribution in [2.24, 2.45) is 7.05 Å². The number of carbonyl (C=O) groups excluding carboxylic acids is 1. The van der Waals surface area contributed by atoms with E-state index in [0.717, 1.165) is 5.69 Å². The van der Waals surface area contributed by atoms with Crippen molar-refractivity contribution >= 4 is 34.9 Å². The van der Waals surface area contributed by atoms with Gasteiger partial charge in [0.25, 0.3) is 0 Å². The van der Waals surface area contributed by atoms with Crippen LogP contribution in [0, 0.1) is 0 Å². The Morgan fingerprint density at radius 3 is 2.71 bits per heavy atom. The number of hydrogen-bond donors (Lipinski definition) is 1. The van der Waals surface area contributed by atoms with Crippen molar-refractivity contribution in [1.82, 2.24) is 9.78 Å². The predicted molar refractivity (Wildman–Crippen MR) is 82.6 cm³/mol. The summed E-state index contributed by atoms with van der Waals surface area (Å²) in [4.78, 5) is 12.1. The van der Waals surface area contributed by atoms with Crippen LogP contribution < -0.4 is 5.73 Å². The molecule has 0 fully saturated rings. The quantitative estimate of drug-likeness (QED) is 0.691. The van der Waals surface area contributed by atoms with Gasteiger partial charge in [0.2, 0.25) is 0 Å². The summed E-state index contributed by atoms with van der Waals surface area (Å²) < 4.78 is 6.85. The van der Waals surface area contributed by atoms with Crippen molar-refractivity contribution in [3.8, 4) is 0 Å². The third-order valence-corrected chi connectivity index (χ3v) is 3.95. The van der Waals surface area contributed by atoms with Crippen LogP contribution in [-0.2, 0) is 24.8 Å². The second kappa shape index (κ2) is 6.37. The molecule has 0 radical (unpaired) electrons. The molecule has 0 unspecified atom stereocenters. The summed E-state index contributed by atoms with van der Waals surface area (Å²) in [6.07, 6.45) is 0.710. The molecular weight excluding hydrogens is 313 g/mol. The van der Waals surface area contributed by atoms with Gasteiger partial charge in [-0.25, -0.2) is 4.79 Å².